The number of halogens is 1. The van der Waals surface area contributed by atoms with Crippen LogP contribution in [0.4, 0.5) is 4.39 Å². The average Bonchev–Trinajstić information content (AvgIpc) is 3.05. The Morgan fingerprint density at radius 2 is 2.13 bits per heavy atom. The molecule has 1 fully saturated rings. The van der Waals surface area contributed by atoms with E-state index in [1.165, 1.54) is 21.7 Å². The highest BCUT2D eigenvalue weighted by atomic mass is 32.2. The molecular formula is C15H18FN3O2S2. The molecule has 0 N–H and O–H groups in total. The largest absolute Gasteiger partial charge is 0.213 e. The Bertz CT molecular complexity index is 792. The van der Waals surface area contributed by atoms with Crippen LogP contribution in [0.1, 0.15) is 30.7 Å². The van der Waals surface area contributed by atoms with Crippen molar-refractivity contribution in [3.05, 3.63) is 35.1 Å². The molecule has 0 bridgehead atoms. The van der Waals surface area contributed by atoms with Gasteiger partial charge in [0.1, 0.15) is 10.8 Å². The molecule has 23 heavy (non-hydrogen) atoms. The summed E-state index contributed by atoms with van der Waals surface area (Å²) >= 11 is 1.34. The Morgan fingerprint density at radius 3 is 2.87 bits per heavy atom. The van der Waals surface area contributed by atoms with Crippen LogP contribution in [0.2, 0.25) is 0 Å². The summed E-state index contributed by atoms with van der Waals surface area (Å²) in [5.41, 5.74) is 0.435. The molecule has 8 heteroatoms. The number of hydrogen-bond acceptors (Lipinski definition) is 5. The minimum Gasteiger partial charge on any atom is -0.212 e. The summed E-state index contributed by atoms with van der Waals surface area (Å²) in [6.07, 6.45) is 1.68. The van der Waals surface area contributed by atoms with E-state index in [4.69, 9.17) is 0 Å². The van der Waals surface area contributed by atoms with Gasteiger partial charge >= 0.3 is 0 Å². The second kappa shape index (κ2) is 6.62. The van der Waals surface area contributed by atoms with E-state index in [1.54, 1.807) is 25.1 Å². The quantitative estimate of drug-likeness (QED) is 0.846. The third-order valence-electron chi connectivity index (χ3n) is 4.04. The minimum absolute atomic E-state index is 0.0306. The van der Waals surface area contributed by atoms with Gasteiger partial charge in [-0.15, -0.1) is 10.2 Å². The Morgan fingerprint density at radius 1 is 1.35 bits per heavy atom. The van der Waals surface area contributed by atoms with E-state index in [1.807, 2.05) is 0 Å². The predicted molar refractivity (Wildman–Crippen MR) is 88.3 cm³/mol. The lowest BCUT2D eigenvalue weighted by molar-refractivity contribution is 0.315. The van der Waals surface area contributed by atoms with E-state index in [0.717, 1.165) is 17.8 Å². The molecule has 0 spiro atoms. The van der Waals surface area contributed by atoms with Crippen LogP contribution in [-0.2, 0) is 10.0 Å². The first-order valence-electron chi connectivity index (χ1n) is 7.57. The van der Waals surface area contributed by atoms with Crippen molar-refractivity contribution in [2.75, 3.05) is 18.8 Å². The highest BCUT2D eigenvalue weighted by Crippen LogP contribution is 2.34. The van der Waals surface area contributed by atoms with Crippen LogP contribution in [0.3, 0.4) is 0 Å². The standard InChI is InChI=1S/C15H18FN3O2S2/c1-2-23(20,21)19-9-5-6-11(10-19)14-17-18-15(22-14)12-7-3-4-8-13(12)16/h3-4,7-8,11H,2,5-6,9-10H2,1H3/t11-/m0/s1. The van der Waals surface area contributed by atoms with Crippen LogP contribution in [-0.4, -0.2) is 41.8 Å². The van der Waals surface area contributed by atoms with E-state index in [2.05, 4.69) is 10.2 Å². The molecule has 2 heterocycles. The molecule has 3 rings (SSSR count). The number of rotatable bonds is 4. The molecule has 1 saturated heterocycles. The van der Waals surface area contributed by atoms with Crippen LogP contribution < -0.4 is 0 Å². The zero-order valence-electron chi connectivity index (χ0n) is 12.8. The number of aromatic nitrogens is 2. The molecule has 0 aliphatic carbocycles. The van der Waals surface area contributed by atoms with E-state index < -0.39 is 10.0 Å². The average molecular weight is 355 g/mol. The zero-order valence-corrected chi connectivity index (χ0v) is 14.4. The molecule has 0 unspecified atom stereocenters. The minimum atomic E-state index is -3.18. The number of benzene rings is 1. The van der Waals surface area contributed by atoms with E-state index >= 15 is 0 Å². The highest BCUT2D eigenvalue weighted by molar-refractivity contribution is 7.89. The van der Waals surface area contributed by atoms with Crippen molar-refractivity contribution in [1.82, 2.24) is 14.5 Å². The maximum absolute atomic E-state index is 13.8. The molecule has 1 aliphatic heterocycles. The first-order chi connectivity index (χ1) is 11.0. The number of nitrogens with zero attached hydrogens (tertiary/aromatic N) is 3. The van der Waals surface area contributed by atoms with Gasteiger partial charge in [0.15, 0.2) is 5.01 Å². The van der Waals surface area contributed by atoms with Gasteiger partial charge in [-0.05, 0) is 31.9 Å². The Kier molecular flexibility index (Phi) is 4.74. The third-order valence-corrected chi connectivity index (χ3v) is 7.00. The topological polar surface area (TPSA) is 63.2 Å². The van der Waals surface area contributed by atoms with E-state index in [9.17, 15) is 12.8 Å². The van der Waals surface area contributed by atoms with E-state index in [0.29, 0.717) is 23.7 Å². The van der Waals surface area contributed by atoms with Gasteiger partial charge in [0.25, 0.3) is 0 Å². The van der Waals surface area contributed by atoms with Crippen molar-refractivity contribution in [1.29, 1.82) is 0 Å². The first-order valence-corrected chi connectivity index (χ1v) is 10.00. The smallest absolute Gasteiger partial charge is 0.212 e. The van der Waals surface area contributed by atoms with Crippen molar-refractivity contribution < 1.29 is 12.8 Å². The molecule has 2 aromatic rings. The molecule has 0 amide bonds. The summed E-state index contributed by atoms with van der Waals surface area (Å²) in [4.78, 5) is 0. The van der Waals surface area contributed by atoms with Gasteiger partial charge < -0.3 is 0 Å². The fourth-order valence-electron chi connectivity index (χ4n) is 2.72. The van der Waals surface area contributed by atoms with E-state index in [-0.39, 0.29) is 17.5 Å². The molecule has 5 nitrogen and oxygen atoms in total. The van der Waals surface area contributed by atoms with Crippen molar-refractivity contribution in [2.45, 2.75) is 25.7 Å². The van der Waals surface area contributed by atoms with Gasteiger partial charge in [0.05, 0.1) is 5.75 Å². The van der Waals surface area contributed by atoms with Crippen LogP contribution in [0.15, 0.2) is 24.3 Å². The number of piperidine rings is 1. The van der Waals surface area contributed by atoms with Crippen LogP contribution >= 0.6 is 11.3 Å². The summed E-state index contributed by atoms with van der Waals surface area (Å²) in [7, 11) is -3.18. The lowest BCUT2D eigenvalue weighted by Gasteiger charge is -2.30. The molecule has 0 saturated carbocycles. The van der Waals surface area contributed by atoms with Crippen molar-refractivity contribution in [3.8, 4) is 10.6 Å². The van der Waals surface area contributed by atoms with Crippen LogP contribution in [0, 0.1) is 5.82 Å². The highest BCUT2D eigenvalue weighted by Gasteiger charge is 2.30. The lowest BCUT2D eigenvalue weighted by Crippen LogP contribution is -2.39. The van der Waals surface area contributed by atoms with Gasteiger partial charge in [-0.3, -0.25) is 0 Å². The summed E-state index contributed by atoms with van der Waals surface area (Å²) in [5.74, 6) is -0.187. The molecular weight excluding hydrogens is 337 g/mol. The maximum atomic E-state index is 13.8. The van der Waals surface area contributed by atoms with Crippen molar-refractivity contribution >= 4 is 21.4 Å². The van der Waals surface area contributed by atoms with Crippen molar-refractivity contribution in [2.24, 2.45) is 0 Å². The first kappa shape index (κ1) is 16.5. The normalized spacial score (nSPS) is 19.8. The second-order valence-corrected chi connectivity index (χ2v) is 8.79. The Hall–Kier alpha value is -1.38. The number of sulfonamides is 1. The molecule has 1 aliphatic rings. The van der Waals surface area contributed by atoms with Gasteiger partial charge in [0.2, 0.25) is 10.0 Å². The monoisotopic (exact) mass is 355 g/mol. The van der Waals surface area contributed by atoms with Gasteiger partial charge in [-0.25, -0.2) is 17.1 Å². The lowest BCUT2D eigenvalue weighted by atomic mass is 10.0. The summed E-state index contributed by atoms with van der Waals surface area (Å²) in [6.45, 7) is 2.65. The van der Waals surface area contributed by atoms with Crippen LogP contribution in [0.25, 0.3) is 10.6 Å². The van der Waals surface area contributed by atoms with Gasteiger partial charge in [-0.2, -0.15) is 0 Å². The SMILES string of the molecule is CCS(=O)(=O)N1CCC[C@H](c2nnc(-c3ccccc3F)s2)C1. The maximum Gasteiger partial charge on any atom is 0.213 e. The molecule has 124 valence electrons. The molecule has 1 atom stereocenters. The third kappa shape index (κ3) is 3.44. The molecule has 1 aromatic carbocycles. The Balaban J connectivity index is 1.82. The summed E-state index contributed by atoms with van der Waals surface area (Å²) < 4.78 is 39.5. The van der Waals surface area contributed by atoms with Gasteiger partial charge in [-0.1, -0.05) is 23.5 Å². The summed E-state index contributed by atoms with van der Waals surface area (Å²) in [5, 5.41) is 9.58. The fraction of sp³-hybridized carbons (Fsp3) is 0.467. The molecule has 0 radical (unpaired) electrons. The predicted octanol–water partition coefficient (Wildman–Crippen LogP) is 2.87. The van der Waals surface area contributed by atoms with Gasteiger partial charge in [0, 0.05) is 24.6 Å². The van der Waals surface area contributed by atoms with Crippen LogP contribution in [0.5, 0.6) is 0 Å². The fourth-order valence-corrected chi connectivity index (χ4v) is 4.90. The zero-order chi connectivity index (χ0) is 16.4. The number of hydrogen-bond donors (Lipinski definition) is 0. The van der Waals surface area contributed by atoms with Crippen molar-refractivity contribution in [3.63, 3.8) is 0 Å². The second-order valence-electron chi connectivity index (χ2n) is 5.52. The Labute approximate surface area is 139 Å². The summed E-state index contributed by atoms with van der Waals surface area (Å²) in [6, 6.07) is 6.46. The molecule has 1 aromatic heterocycles.